The fourth-order valence-electron chi connectivity index (χ4n) is 4.59. The van der Waals surface area contributed by atoms with E-state index >= 15 is 0 Å². The van der Waals surface area contributed by atoms with Gasteiger partial charge in [0.05, 0.1) is 5.39 Å². The Morgan fingerprint density at radius 2 is 2.14 bits per heavy atom. The monoisotopic (exact) mass is 412 g/mol. The van der Waals surface area contributed by atoms with Gasteiger partial charge in [-0.05, 0) is 43.7 Å². The molecule has 0 amide bonds. The Morgan fingerprint density at radius 3 is 3.04 bits per heavy atom. The molecule has 0 bridgehead atoms. The topological polar surface area (TPSA) is 62.4 Å². The van der Waals surface area contributed by atoms with Crippen molar-refractivity contribution in [2.24, 2.45) is 5.92 Å². The van der Waals surface area contributed by atoms with Crippen molar-refractivity contribution in [2.45, 2.75) is 56.5 Å². The second kappa shape index (κ2) is 7.32. The van der Waals surface area contributed by atoms with Crippen LogP contribution in [0.15, 0.2) is 34.0 Å². The van der Waals surface area contributed by atoms with Crippen LogP contribution >= 0.6 is 23.1 Å². The van der Waals surface area contributed by atoms with Crippen molar-refractivity contribution in [3.05, 3.63) is 56.4 Å². The van der Waals surface area contributed by atoms with E-state index in [1.54, 1.807) is 11.3 Å². The number of hydrogen-bond donors (Lipinski definition) is 2. The molecule has 3 N–H and O–H groups in total. The SMILES string of the molecule is C[C@H]1CCc2c(sc3nc([C@@H](C)[NH2+][C@@H]4CCSc5ccccc54)[nH]c(=O)c23)C1. The van der Waals surface area contributed by atoms with Gasteiger partial charge in [-0.3, -0.25) is 4.79 Å². The highest BCUT2D eigenvalue weighted by Gasteiger charge is 2.28. The molecule has 3 heterocycles. The van der Waals surface area contributed by atoms with Gasteiger partial charge in [-0.25, -0.2) is 4.98 Å². The predicted octanol–water partition coefficient (Wildman–Crippen LogP) is 3.97. The second-order valence-electron chi connectivity index (χ2n) is 8.25. The lowest BCUT2D eigenvalue weighted by Gasteiger charge is -2.25. The van der Waals surface area contributed by atoms with Crippen LogP contribution < -0.4 is 10.9 Å². The third-order valence-corrected chi connectivity index (χ3v) is 8.41. The van der Waals surface area contributed by atoms with E-state index < -0.39 is 0 Å². The molecule has 6 heteroatoms. The van der Waals surface area contributed by atoms with E-state index in [0.29, 0.717) is 12.0 Å². The van der Waals surface area contributed by atoms with Gasteiger partial charge in [0, 0.05) is 27.5 Å². The number of aryl methyl sites for hydroxylation is 1. The number of thiophene rings is 1. The van der Waals surface area contributed by atoms with Gasteiger partial charge in [0.1, 0.15) is 16.9 Å². The fourth-order valence-corrected chi connectivity index (χ4v) is 7.13. The molecule has 0 fully saturated rings. The third-order valence-electron chi connectivity index (χ3n) is 6.14. The molecule has 2 aliphatic rings. The van der Waals surface area contributed by atoms with Crippen LogP contribution in [0.3, 0.4) is 0 Å². The molecule has 146 valence electrons. The summed E-state index contributed by atoms with van der Waals surface area (Å²) < 4.78 is 0. The molecular formula is C22H26N3OS2+. The van der Waals surface area contributed by atoms with E-state index in [0.717, 1.165) is 41.1 Å². The van der Waals surface area contributed by atoms with E-state index in [4.69, 9.17) is 4.98 Å². The molecular weight excluding hydrogens is 386 g/mol. The molecule has 0 unspecified atom stereocenters. The maximum atomic E-state index is 12.9. The summed E-state index contributed by atoms with van der Waals surface area (Å²) in [5.74, 6) is 2.65. The number of benzene rings is 1. The van der Waals surface area contributed by atoms with Crippen LogP contribution in [0, 0.1) is 5.92 Å². The number of hydrogen-bond acceptors (Lipinski definition) is 4. The molecule has 28 heavy (non-hydrogen) atoms. The van der Waals surface area contributed by atoms with Gasteiger partial charge in [0.2, 0.25) is 0 Å². The highest BCUT2D eigenvalue weighted by Crippen LogP contribution is 2.36. The quantitative estimate of drug-likeness (QED) is 0.684. The summed E-state index contributed by atoms with van der Waals surface area (Å²) in [6.07, 6.45) is 4.41. The van der Waals surface area contributed by atoms with Crippen LogP contribution in [0.2, 0.25) is 0 Å². The minimum absolute atomic E-state index is 0.0481. The summed E-state index contributed by atoms with van der Waals surface area (Å²) in [6, 6.07) is 9.24. The first kappa shape index (κ1) is 18.4. The number of thioether (sulfide) groups is 1. The third kappa shape index (κ3) is 3.21. The smallest absolute Gasteiger partial charge is 0.260 e. The summed E-state index contributed by atoms with van der Waals surface area (Å²) in [7, 11) is 0. The van der Waals surface area contributed by atoms with Gasteiger partial charge in [-0.1, -0.05) is 25.1 Å². The van der Waals surface area contributed by atoms with Crippen LogP contribution in [0.4, 0.5) is 0 Å². The number of nitrogens with one attached hydrogen (secondary N) is 1. The molecule has 1 aromatic carbocycles. The molecule has 5 rings (SSSR count). The van der Waals surface area contributed by atoms with Gasteiger partial charge in [0.15, 0.2) is 5.82 Å². The Morgan fingerprint density at radius 1 is 1.29 bits per heavy atom. The molecule has 3 atom stereocenters. The van der Waals surface area contributed by atoms with Gasteiger partial charge in [-0.2, -0.15) is 0 Å². The summed E-state index contributed by atoms with van der Waals surface area (Å²) in [6.45, 7) is 4.46. The van der Waals surface area contributed by atoms with Crippen molar-refractivity contribution in [1.29, 1.82) is 0 Å². The zero-order valence-electron chi connectivity index (χ0n) is 16.3. The Balaban J connectivity index is 1.46. The van der Waals surface area contributed by atoms with Crippen LogP contribution in [0.1, 0.15) is 60.6 Å². The van der Waals surface area contributed by atoms with Crippen molar-refractivity contribution in [1.82, 2.24) is 9.97 Å². The molecule has 0 saturated heterocycles. The first-order valence-electron chi connectivity index (χ1n) is 10.2. The van der Waals surface area contributed by atoms with Crippen molar-refractivity contribution in [3.63, 3.8) is 0 Å². The maximum Gasteiger partial charge on any atom is 0.260 e. The number of nitrogens with zero attached hydrogens (tertiary/aromatic N) is 1. The number of rotatable bonds is 3. The van der Waals surface area contributed by atoms with Crippen LogP contribution in [-0.2, 0) is 12.8 Å². The average Bonchev–Trinajstić information content (AvgIpc) is 3.06. The van der Waals surface area contributed by atoms with Crippen molar-refractivity contribution in [3.8, 4) is 0 Å². The van der Waals surface area contributed by atoms with Crippen molar-refractivity contribution >= 4 is 33.3 Å². The van der Waals surface area contributed by atoms with Gasteiger partial charge in [-0.15, -0.1) is 23.1 Å². The zero-order chi connectivity index (χ0) is 19.3. The number of fused-ring (bicyclic) bond motifs is 4. The van der Waals surface area contributed by atoms with Crippen LogP contribution in [0.5, 0.6) is 0 Å². The van der Waals surface area contributed by atoms with E-state index in [-0.39, 0.29) is 11.6 Å². The zero-order valence-corrected chi connectivity index (χ0v) is 18.0. The lowest BCUT2D eigenvalue weighted by atomic mass is 9.89. The Kier molecular flexibility index (Phi) is 4.81. The molecule has 0 spiro atoms. The van der Waals surface area contributed by atoms with Gasteiger partial charge >= 0.3 is 0 Å². The number of H-pyrrole nitrogens is 1. The van der Waals surface area contributed by atoms with Crippen molar-refractivity contribution in [2.75, 3.05) is 5.75 Å². The lowest BCUT2D eigenvalue weighted by molar-refractivity contribution is -0.733. The van der Waals surface area contributed by atoms with Crippen LogP contribution in [-0.4, -0.2) is 15.7 Å². The second-order valence-corrected chi connectivity index (χ2v) is 10.5. The fraction of sp³-hybridized carbons (Fsp3) is 0.455. The maximum absolute atomic E-state index is 12.9. The van der Waals surface area contributed by atoms with E-state index in [1.807, 2.05) is 11.8 Å². The Labute approximate surface area is 173 Å². The average molecular weight is 413 g/mol. The molecule has 1 aliphatic carbocycles. The highest BCUT2D eigenvalue weighted by atomic mass is 32.2. The number of nitrogens with two attached hydrogens (primary N) is 1. The highest BCUT2D eigenvalue weighted by molar-refractivity contribution is 7.99. The van der Waals surface area contributed by atoms with Crippen LogP contribution in [0.25, 0.3) is 10.2 Å². The largest absolute Gasteiger partial charge is 0.332 e. The first-order valence-corrected chi connectivity index (χ1v) is 12.0. The normalized spacial score (nSPS) is 22.6. The van der Waals surface area contributed by atoms with Gasteiger partial charge < -0.3 is 10.3 Å². The molecule has 0 radical (unpaired) electrons. The number of quaternary nitrogens is 1. The van der Waals surface area contributed by atoms with E-state index in [1.165, 1.54) is 27.3 Å². The molecule has 4 nitrogen and oxygen atoms in total. The van der Waals surface area contributed by atoms with E-state index in [2.05, 4.69) is 48.4 Å². The molecule has 1 aliphatic heterocycles. The first-order chi connectivity index (χ1) is 13.6. The molecule has 2 aromatic heterocycles. The summed E-state index contributed by atoms with van der Waals surface area (Å²) in [5.41, 5.74) is 2.72. The number of aromatic amines is 1. The Bertz CT molecular complexity index is 1090. The lowest BCUT2D eigenvalue weighted by Crippen LogP contribution is -2.86. The summed E-state index contributed by atoms with van der Waals surface area (Å²) in [5, 5.41) is 3.22. The minimum Gasteiger partial charge on any atom is -0.332 e. The summed E-state index contributed by atoms with van der Waals surface area (Å²) in [4.78, 5) is 24.6. The predicted molar refractivity (Wildman–Crippen MR) is 116 cm³/mol. The molecule has 3 aromatic rings. The molecule has 0 saturated carbocycles. The standard InChI is InChI=1S/C22H25N3OS2/c1-12-7-8-15-18(11-12)28-22-19(15)21(26)24-20(25-22)13(2)23-16-9-10-27-17-6-4-3-5-14(16)17/h3-6,12-13,16,23H,7-11H2,1-2H3,(H,24,25,26)/p+1/t12-,13+,16+/m0/s1. The summed E-state index contributed by atoms with van der Waals surface area (Å²) >= 11 is 3.68. The Hall–Kier alpha value is -1.63. The van der Waals surface area contributed by atoms with Gasteiger partial charge in [0.25, 0.3) is 5.56 Å². The minimum atomic E-state index is 0.0481. The number of aromatic nitrogens is 2. The van der Waals surface area contributed by atoms with E-state index in [9.17, 15) is 4.79 Å². The van der Waals surface area contributed by atoms with Crippen molar-refractivity contribution < 1.29 is 5.32 Å².